The quantitative estimate of drug-likeness (QED) is 0.885. The minimum Gasteiger partial charge on any atom is -0.334 e. The van der Waals surface area contributed by atoms with Crippen molar-refractivity contribution in [1.82, 2.24) is 15.6 Å². The van der Waals surface area contributed by atoms with Gasteiger partial charge in [-0.05, 0) is 41.8 Å². The van der Waals surface area contributed by atoms with Crippen LogP contribution >= 0.6 is 11.6 Å². The first-order chi connectivity index (χ1) is 10.2. The summed E-state index contributed by atoms with van der Waals surface area (Å²) in [6.07, 6.45) is 4.27. The lowest BCUT2D eigenvalue weighted by Gasteiger charge is -2.17. The molecule has 0 saturated heterocycles. The van der Waals surface area contributed by atoms with Crippen molar-refractivity contribution in [2.45, 2.75) is 25.9 Å². The van der Waals surface area contributed by atoms with E-state index in [9.17, 15) is 4.79 Å². The molecule has 1 aromatic heterocycles. The number of nitrogens with one attached hydrogen (secondary N) is 2. The van der Waals surface area contributed by atoms with E-state index >= 15 is 0 Å². The van der Waals surface area contributed by atoms with Gasteiger partial charge in [0.05, 0.1) is 6.04 Å². The Kier molecular flexibility index (Phi) is 5.58. The Morgan fingerprint density at radius 3 is 2.71 bits per heavy atom. The van der Waals surface area contributed by atoms with Gasteiger partial charge >= 0.3 is 6.03 Å². The van der Waals surface area contributed by atoms with E-state index < -0.39 is 0 Å². The van der Waals surface area contributed by atoms with Crippen molar-refractivity contribution in [3.05, 3.63) is 64.9 Å². The molecule has 1 heterocycles. The molecule has 0 bridgehead atoms. The van der Waals surface area contributed by atoms with Crippen molar-refractivity contribution in [3.63, 3.8) is 0 Å². The third-order valence-corrected chi connectivity index (χ3v) is 3.40. The topological polar surface area (TPSA) is 54.0 Å². The number of nitrogens with zero attached hydrogens (tertiary/aromatic N) is 1. The zero-order chi connectivity index (χ0) is 15.1. The second kappa shape index (κ2) is 7.64. The first-order valence-corrected chi connectivity index (χ1v) is 7.25. The summed E-state index contributed by atoms with van der Waals surface area (Å²) in [4.78, 5) is 16.0. The van der Waals surface area contributed by atoms with Gasteiger partial charge in [0.2, 0.25) is 0 Å². The number of pyridine rings is 1. The third-order valence-electron chi connectivity index (χ3n) is 3.16. The Morgan fingerprint density at radius 1 is 1.29 bits per heavy atom. The zero-order valence-corrected chi connectivity index (χ0v) is 12.6. The van der Waals surface area contributed by atoms with Gasteiger partial charge in [0.1, 0.15) is 0 Å². The van der Waals surface area contributed by atoms with Crippen molar-refractivity contribution in [2.24, 2.45) is 0 Å². The number of benzene rings is 1. The molecule has 110 valence electrons. The highest BCUT2D eigenvalue weighted by atomic mass is 35.5. The van der Waals surface area contributed by atoms with E-state index in [0.29, 0.717) is 11.6 Å². The van der Waals surface area contributed by atoms with Crippen molar-refractivity contribution < 1.29 is 4.79 Å². The summed E-state index contributed by atoms with van der Waals surface area (Å²) in [6.45, 7) is 2.47. The summed E-state index contributed by atoms with van der Waals surface area (Å²) < 4.78 is 0. The zero-order valence-electron chi connectivity index (χ0n) is 11.8. The Labute approximate surface area is 129 Å². The third kappa shape index (κ3) is 4.76. The van der Waals surface area contributed by atoms with Gasteiger partial charge in [0, 0.05) is 24.0 Å². The lowest BCUT2D eigenvalue weighted by Crippen LogP contribution is -2.37. The minimum atomic E-state index is -0.196. The van der Waals surface area contributed by atoms with Gasteiger partial charge in [-0.25, -0.2) is 4.79 Å². The Hall–Kier alpha value is -2.07. The van der Waals surface area contributed by atoms with Gasteiger partial charge in [-0.15, -0.1) is 0 Å². The largest absolute Gasteiger partial charge is 0.334 e. The van der Waals surface area contributed by atoms with Crippen LogP contribution in [0.15, 0.2) is 48.8 Å². The lowest BCUT2D eigenvalue weighted by atomic mass is 10.1. The fraction of sp³-hybridized carbons (Fsp3) is 0.250. The maximum Gasteiger partial charge on any atom is 0.315 e. The van der Waals surface area contributed by atoms with Crippen LogP contribution in [0.25, 0.3) is 0 Å². The molecule has 2 rings (SSSR count). The van der Waals surface area contributed by atoms with E-state index in [4.69, 9.17) is 11.6 Å². The molecule has 5 heteroatoms. The van der Waals surface area contributed by atoms with E-state index in [1.165, 1.54) is 0 Å². The molecule has 1 unspecified atom stereocenters. The highest BCUT2D eigenvalue weighted by molar-refractivity contribution is 6.30. The number of carbonyl (C=O) groups is 1. The molecule has 2 aromatic rings. The number of rotatable bonds is 5. The van der Waals surface area contributed by atoms with Crippen molar-refractivity contribution in [2.75, 3.05) is 0 Å². The number of carbonyl (C=O) groups excluding carboxylic acids is 1. The average Bonchev–Trinajstić information content (AvgIpc) is 2.51. The van der Waals surface area contributed by atoms with Gasteiger partial charge in [-0.2, -0.15) is 0 Å². The smallest absolute Gasteiger partial charge is 0.315 e. The first kappa shape index (κ1) is 15.3. The molecule has 4 nitrogen and oxygen atoms in total. The Morgan fingerprint density at radius 2 is 2.05 bits per heavy atom. The number of amides is 2. The summed E-state index contributed by atoms with van der Waals surface area (Å²) in [5, 5.41) is 6.46. The van der Waals surface area contributed by atoms with Crippen LogP contribution in [-0.4, -0.2) is 11.0 Å². The summed E-state index contributed by atoms with van der Waals surface area (Å²) in [6, 6.07) is 11.0. The molecule has 0 aliphatic carbocycles. The summed E-state index contributed by atoms with van der Waals surface area (Å²) in [7, 11) is 0. The van der Waals surface area contributed by atoms with Crippen LogP contribution in [0.5, 0.6) is 0 Å². The normalized spacial score (nSPS) is 11.7. The minimum absolute atomic E-state index is 0.0210. The van der Waals surface area contributed by atoms with Crippen molar-refractivity contribution in [1.29, 1.82) is 0 Å². The number of halogens is 1. The van der Waals surface area contributed by atoms with E-state index in [0.717, 1.165) is 17.5 Å². The SMILES string of the molecule is CCC(NC(=O)NCc1cccc(Cl)c1)c1ccncc1. The van der Waals surface area contributed by atoms with Crippen LogP contribution < -0.4 is 10.6 Å². The Balaban J connectivity index is 1.89. The first-order valence-electron chi connectivity index (χ1n) is 6.87. The van der Waals surface area contributed by atoms with E-state index in [1.54, 1.807) is 12.4 Å². The van der Waals surface area contributed by atoms with Gasteiger partial charge in [-0.3, -0.25) is 4.98 Å². The van der Waals surface area contributed by atoms with Gasteiger partial charge < -0.3 is 10.6 Å². The molecule has 0 fully saturated rings. The average molecular weight is 304 g/mol. The maximum atomic E-state index is 12.0. The highest BCUT2D eigenvalue weighted by Gasteiger charge is 2.11. The predicted molar refractivity (Wildman–Crippen MR) is 84.1 cm³/mol. The van der Waals surface area contributed by atoms with Crippen molar-refractivity contribution >= 4 is 17.6 Å². The number of urea groups is 1. The van der Waals surface area contributed by atoms with Crippen LogP contribution in [0.4, 0.5) is 4.79 Å². The molecule has 0 saturated carbocycles. The molecule has 1 aromatic carbocycles. The van der Waals surface area contributed by atoms with Crippen molar-refractivity contribution in [3.8, 4) is 0 Å². The van der Waals surface area contributed by atoms with Crippen LogP contribution in [0, 0.1) is 0 Å². The van der Waals surface area contributed by atoms with Gasteiger partial charge in [0.25, 0.3) is 0 Å². The monoisotopic (exact) mass is 303 g/mol. The Bertz CT molecular complexity index is 589. The molecular weight excluding hydrogens is 286 g/mol. The summed E-state index contributed by atoms with van der Waals surface area (Å²) >= 11 is 5.91. The molecule has 1 atom stereocenters. The van der Waals surface area contributed by atoms with E-state index in [2.05, 4.69) is 15.6 Å². The predicted octanol–water partition coefficient (Wildman–Crippen LogP) is 3.69. The summed E-state index contributed by atoms with van der Waals surface area (Å²) in [5.41, 5.74) is 2.01. The van der Waals surface area contributed by atoms with Crippen LogP contribution in [0.1, 0.15) is 30.5 Å². The fourth-order valence-corrected chi connectivity index (χ4v) is 2.27. The number of hydrogen-bond donors (Lipinski definition) is 2. The highest BCUT2D eigenvalue weighted by Crippen LogP contribution is 2.15. The molecule has 2 amide bonds. The second-order valence-electron chi connectivity index (χ2n) is 4.70. The molecule has 0 radical (unpaired) electrons. The molecule has 21 heavy (non-hydrogen) atoms. The molecule has 2 N–H and O–H groups in total. The van der Waals surface area contributed by atoms with E-state index in [1.807, 2.05) is 43.3 Å². The summed E-state index contributed by atoms with van der Waals surface area (Å²) in [5.74, 6) is 0. The number of hydrogen-bond acceptors (Lipinski definition) is 2. The molecule has 0 spiro atoms. The number of aromatic nitrogens is 1. The van der Waals surface area contributed by atoms with Crippen LogP contribution in [0.3, 0.4) is 0 Å². The van der Waals surface area contributed by atoms with Crippen LogP contribution in [-0.2, 0) is 6.54 Å². The lowest BCUT2D eigenvalue weighted by molar-refractivity contribution is 0.236. The fourth-order valence-electron chi connectivity index (χ4n) is 2.06. The van der Waals surface area contributed by atoms with Crippen LogP contribution in [0.2, 0.25) is 5.02 Å². The standard InChI is InChI=1S/C16H18ClN3O/c1-2-15(13-6-8-18-9-7-13)20-16(21)19-11-12-4-3-5-14(17)10-12/h3-10,15H,2,11H2,1H3,(H2,19,20,21). The maximum absolute atomic E-state index is 12.0. The van der Waals surface area contributed by atoms with Gasteiger partial charge in [-0.1, -0.05) is 30.7 Å². The van der Waals surface area contributed by atoms with E-state index in [-0.39, 0.29) is 12.1 Å². The molecular formula is C16H18ClN3O. The second-order valence-corrected chi connectivity index (χ2v) is 5.13. The molecule has 0 aliphatic rings. The molecule has 0 aliphatic heterocycles. The van der Waals surface area contributed by atoms with Gasteiger partial charge in [0.15, 0.2) is 0 Å².